The molecular weight excluding hydrogens is 442 g/mol. The summed E-state index contributed by atoms with van der Waals surface area (Å²) in [6.07, 6.45) is 2.35. The minimum Gasteiger partial charge on any atom is -0.379 e. The number of ether oxygens (including phenoxy) is 1. The molecule has 0 aromatic heterocycles. The highest BCUT2D eigenvalue weighted by Crippen LogP contribution is 2.18. The molecule has 1 N–H and O–H groups in total. The molecule has 1 unspecified atom stereocenters. The number of nitrogens with one attached hydrogen (secondary N) is 1. The number of hydrogen-bond donors (Lipinski definition) is 1. The van der Waals surface area contributed by atoms with Gasteiger partial charge in [-0.25, -0.2) is 13.4 Å². The van der Waals surface area contributed by atoms with Crippen LogP contribution in [0.25, 0.3) is 6.08 Å². The van der Waals surface area contributed by atoms with Crippen molar-refractivity contribution < 1.29 is 22.7 Å². The third-order valence-corrected chi connectivity index (χ3v) is 7.95. The fourth-order valence-electron chi connectivity index (χ4n) is 3.91. The van der Waals surface area contributed by atoms with E-state index in [0.29, 0.717) is 50.2 Å². The predicted molar refractivity (Wildman–Crippen MR) is 123 cm³/mol. The first-order chi connectivity index (χ1) is 15.8. The van der Waals surface area contributed by atoms with Gasteiger partial charge in [-0.2, -0.15) is 4.31 Å². The van der Waals surface area contributed by atoms with Gasteiger partial charge in [0.1, 0.15) is 0 Å². The van der Waals surface area contributed by atoms with E-state index in [4.69, 9.17) is 4.74 Å². The Morgan fingerprint density at radius 3 is 2.48 bits per heavy atom. The Morgan fingerprint density at radius 2 is 1.79 bits per heavy atom. The fourth-order valence-corrected chi connectivity index (χ4v) is 5.32. The van der Waals surface area contributed by atoms with Crippen molar-refractivity contribution in [2.45, 2.75) is 25.2 Å². The van der Waals surface area contributed by atoms with Crippen molar-refractivity contribution >= 4 is 27.9 Å². The molecule has 2 aromatic carbocycles. The van der Waals surface area contributed by atoms with Crippen molar-refractivity contribution in [1.29, 1.82) is 0 Å². The van der Waals surface area contributed by atoms with Gasteiger partial charge in [0.25, 0.3) is 11.8 Å². The average Bonchev–Trinajstić information content (AvgIpc) is 2.81. The normalized spacial score (nSPS) is 18.7. The molecule has 1 atom stereocenters. The van der Waals surface area contributed by atoms with Crippen LogP contribution >= 0.6 is 0 Å². The molecule has 1 fully saturated rings. The third kappa shape index (κ3) is 5.05. The smallest absolute Gasteiger partial charge is 0.253 e. The second kappa shape index (κ2) is 9.54. The molecule has 0 radical (unpaired) electrons. The van der Waals surface area contributed by atoms with Crippen LogP contribution in [0.3, 0.4) is 0 Å². The van der Waals surface area contributed by atoms with Gasteiger partial charge >= 0.3 is 0 Å². The van der Waals surface area contributed by atoms with Gasteiger partial charge in [-0.15, -0.1) is 0 Å². The van der Waals surface area contributed by atoms with E-state index in [2.05, 4.69) is 10.3 Å². The minimum atomic E-state index is -3.60. The van der Waals surface area contributed by atoms with Crippen LogP contribution in [-0.4, -0.2) is 57.4 Å². The second-order valence-electron chi connectivity index (χ2n) is 8.30. The lowest BCUT2D eigenvalue weighted by Crippen LogP contribution is -2.40. The van der Waals surface area contributed by atoms with Crippen LogP contribution in [0.5, 0.6) is 0 Å². The molecule has 2 amide bonds. The quantitative estimate of drug-likeness (QED) is 0.671. The van der Waals surface area contributed by atoms with E-state index >= 15 is 0 Å². The number of amides is 2. The van der Waals surface area contributed by atoms with E-state index in [1.54, 1.807) is 0 Å². The standard InChI is InChI=1S/C24H27N3O5S/c1-16-13-20-15-19(24(29)26-22(20)14-17(16)2)7-8-25-23(28)18-3-5-21(6-4-18)33(30,31)27-9-11-32-12-10-27/h3-6,13-15,19H,7-12H2,1-2H3,(H,25,28). The van der Waals surface area contributed by atoms with Gasteiger partial charge < -0.3 is 10.1 Å². The minimum absolute atomic E-state index is 0.147. The molecule has 0 saturated carbocycles. The lowest BCUT2D eigenvalue weighted by atomic mass is 9.98. The number of rotatable bonds is 6. The largest absolute Gasteiger partial charge is 0.379 e. The Hall–Kier alpha value is -2.88. The van der Waals surface area contributed by atoms with Gasteiger partial charge in [0.05, 0.1) is 29.4 Å². The molecule has 2 aliphatic heterocycles. The maximum Gasteiger partial charge on any atom is 0.253 e. The average molecular weight is 470 g/mol. The van der Waals surface area contributed by atoms with E-state index in [0.717, 1.165) is 16.3 Å². The number of benzene rings is 2. The Balaban J connectivity index is 1.37. The van der Waals surface area contributed by atoms with E-state index in [1.165, 1.54) is 28.6 Å². The first kappa shape index (κ1) is 23.3. The molecule has 1 saturated heterocycles. The third-order valence-electron chi connectivity index (χ3n) is 6.04. The summed E-state index contributed by atoms with van der Waals surface area (Å²) < 4.78 is 32.0. The lowest BCUT2D eigenvalue weighted by Gasteiger charge is -2.26. The Bertz CT molecular complexity index is 1300. The first-order valence-electron chi connectivity index (χ1n) is 10.9. The summed E-state index contributed by atoms with van der Waals surface area (Å²) in [7, 11) is -3.60. The van der Waals surface area contributed by atoms with Gasteiger partial charge in [0.15, 0.2) is 0 Å². The molecule has 174 valence electrons. The zero-order chi connectivity index (χ0) is 23.6. The summed E-state index contributed by atoms with van der Waals surface area (Å²) in [6, 6.07) is 9.82. The summed E-state index contributed by atoms with van der Waals surface area (Å²) in [5, 5.41) is 4.43. The number of morpholine rings is 1. The predicted octanol–water partition coefficient (Wildman–Crippen LogP) is 0.701. The van der Waals surface area contributed by atoms with Crippen molar-refractivity contribution in [3.63, 3.8) is 0 Å². The molecule has 0 spiro atoms. The van der Waals surface area contributed by atoms with Gasteiger partial charge in [-0.1, -0.05) is 6.08 Å². The van der Waals surface area contributed by atoms with Crippen molar-refractivity contribution in [3.8, 4) is 0 Å². The highest BCUT2D eigenvalue weighted by molar-refractivity contribution is 7.89. The fraction of sp³-hybridized carbons (Fsp3) is 0.375. The first-order valence-corrected chi connectivity index (χ1v) is 12.4. The molecule has 9 heteroatoms. The van der Waals surface area contributed by atoms with Crippen molar-refractivity contribution in [2.75, 3.05) is 32.8 Å². The molecule has 33 heavy (non-hydrogen) atoms. The van der Waals surface area contributed by atoms with Gasteiger partial charge in [-0.05, 0) is 73.0 Å². The molecule has 4 rings (SSSR count). The van der Waals surface area contributed by atoms with Crippen molar-refractivity contribution in [3.05, 3.63) is 63.7 Å². The van der Waals surface area contributed by atoms with Crippen molar-refractivity contribution in [2.24, 2.45) is 10.9 Å². The number of carbonyl (C=O) groups excluding carboxylic acids is 2. The number of sulfonamides is 1. The number of hydrogen-bond acceptors (Lipinski definition) is 5. The highest BCUT2D eigenvalue weighted by Gasteiger charge is 2.26. The van der Waals surface area contributed by atoms with E-state index in [9.17, 15) is 18.0 Å². The van der Waals surface area contributed by atoms with E-state index in [1.807, 2.05) is 32.1 Å². The monoisotopic (exact) mass is 469 g/mol. The topological polar surface area (TPSA) is 105 Å². The van der Waals surface area contributed by atoms with Crippen LogP contribution in [0.4, 0.5) is 0 Å². The Labute approximate surface area is 193 Å². The zero-order valence-corrected chi connectivity index (χ0v) is 19.5. The Morgan fingerprint density at radius 1 is 1.12 bits per heavy atom. The lowest BCUT2D eigenvalue weighted by molar-refractivity contribution is -0.120. The van der Waals surface area contributed by atoms with Crippen molar-refractivity contribution in [1.82, 2.24) is 9.62 Å². The van der Waals surface area contributed by atoms with Gasteiger partial charge in [-0.3, -0.25) is 9.59 Å². The number of nitrogens with zero attached hydrogens (tertiary/aromatic N) is 2. The molecular formula is C24H27N3O5S. The van der Waals surface area contributed by atoms with Crippen LogP contribution in [0.1, 0.15) is 27.9 Å². The molecule has 0 bridgehead atoms. The summed E-state index contributed by atoms with van der Waals surface area (Å²) in [6.45, 7) is 5.69. The SMILES string of the molecule is Cc1cc2c(cc1C)=NC(=O)C(CCNC(=O)c1ccc(S(=O)(=O)N3CCOCC3)cc1)C=2. The van der Waals surface area contributed by atoms with Crippen LogP contribution in [0.2, 0.25) is 0 Å². The van der Waals surface area contributed by atoms with E-state index < -0.39 is 10.0 Å². The summed E-state index contributed by atoms with van der Waals surface area (Å²) in [4.78, 5) is 29.2. The molecule has 0 aliphatic carbocycles. The second-order valence-corrected chi connectivity index (χ2v) is 10.2. The van der Waals surface area contributed by atoms with Gasteiger partial charge in [0.2, 0.25) is 10.0 Å². The molecule has 8 nitrogen and oxygen atoms in total. The van der Waals surface area contributed by atoms with Crippen LogP contribution < -0.4 is 15.9 Å². The van der Waals surface area contributed by atoms with E-state index in [-0.39, 0.29) is 22.6 Å². The summed E-state index contributed by atoms with van der Waals surface area (Å²) in [5.41, 5.74) is 2.59. The maximum absolute atomic E-state index is 12.7. The summed E-state index contributed by atoms with van der Waals surface area (Å²) in [5.74, 6) is -0.920. The van der Waals surface area contributed by atoms with Crippen LogP contribution in [0, 0.1) is 19.8 Å². The molecule has 2 aliphatic rings. The van der Waals surface area contributed by atoms with Crippen LogP contribution in [-0.2, 0) is 19.6 Å². The zero-order valence-electron chi connectivity index (χ0n) is 18.7. The highest BCUT2D eigenvalue weighted by atomic mass is 32.2. The van der Waals surface area contributed by atoms with Crippen LogP contribution in [0.15, 0.2) is 46.3 Å². The molecule has 2 heterocycles. The molecule has 2 aromatic rings. The number of carbonyl (C=O) groups is 2. The van der Waals surface area contributed by atoms with Gasteiger partial charge in [0, 0.05) is 25.2 Å². The Kier molecular flexibility index (Phi) is 6.73. The maximum atomic E-state index is 12.7. The number of aryl methyl sites for hydroxylation is 2. The number of fused-ring (bicyclic) bond motifs is 1. The summed E-state index contributed by atoms with van der Waals surface area (Å²) >= 11 is 0.